The number of hydrogen-bond acceptors (Lipinski definition) is 4. The van der Waals surface area contributed by atoms with Crippen LogP contribution in [0.15, 0.2) is 24.3 Å². The fraction of sp³-hybridized carbons (Fsp3) is 0.400. The van der Waals surface area contributed by atoms with Gasteiger partial charge in [0, 0.05) is 23.5 Å². The van der Waals surface area contributed by atoms with E-state index in [2.05, 4.69) is 0 Å². The van der Waals surface area contributed by atoms with Crippen molar-refractivity contribution < 1.29 is 17.6 Å². The highest BCUT2D eigenvalue weighted by atomic mass is 32.2. The number of sulfone groups is 1. The number of carbonyl (C=O) groups is 1. The maximum atomic E-state index is 13.2. The SMILES string of the molecule is CCN(C(=O)c1cc2cc(F)ccc2s1)[C@H](C)CS(C)(=O)=O. The number of amides is 1. The normalized spacial score (nSPS) is 13.3. The minimum Gasteiger partial charge on any atom is -0.335 e. The lowest BCUT2D eigenvalue weighted by Gasteiger charge is -2.27. The predicted octanol–water partition coefficient (Wildman–Crippen LogP) is 2.94. The van der Waals surface area contributed by atoms with Crippen LogP contribution >= 0.6 is 11.3 Å². The minimum atomic E-state index is -3.16. The summed E-state index contributed by atoms with van der Waals surface area (Å²) in [5, 5.41) is 0.681. The molecule has 0 aliphatic carbocycles. The molecule has 0 bridgehead atoms. The fourth-order valence-corrected chi connectivity index (χ4v) is 4.50. The lowest BCUT2D eigenvalue weighted by Crippen LogP contribution is -2.41. The van der Waals surface area contributed by atoms with Crippen LogP contribution in [0.25, 0.3) is 10.1 Å². The van der Waals surface area contributed by atoms with Gasteiger partial charge in [-0.05, 0) is 43.5 Å². The van der Waals surface area contributed by atoms with E-state index in [1.54, 1.807) is 19.1 Å². The van der Waals surface area contributed by atoms with Crippen LogP contribution in [0.4, 0.5) is 4.39 Å². The molecule has 7 heteroatoms. The first kappa shape index (κ1) is 16.9. The molecule has 0 saturated carbocycles. The third-order valence-electron chi connectivity index (χ3n) is 3.37. The molecule has 2 aromatic rings. The molecule has 0 unspecified atom stereocenters. The Morgan fingerprint density at radius 2 is 2.05 bits per heavy atom. The molecular formula is C15H18FNO3S2. The second-order valence-corrected chi connectivity index (χ2v) is 8.59. The molecule has 1 amide bonds. The molecule has 0 fully saturated rings. The van der Waals surface area contributed by atoms with E-state index in [1.165, 1.54) is 28.4 Å². The van der Waals surface area contributed by atoms with E-state index < -0.39 is 15.9 Å². The van der Waals surface area contributed by atoms with Crippen LogP contribution in [0.5, 0.6) is 0 Å². The Hall–Kier alpha value is -1.47. The van der Waals surface area contributed by atoms with Gasteiger partial charge in [0.05, 0.1) is 10.6 Å². The molecule has 0 spiro atoms. The molecule has 4 nitrogen and oxygen atoms in total. The summed E-state index contributed by atoms with van der Waals surface area (Å²) in [5.74, 6) is -0.645. The van der Waals surface area contributed by atoms with Crippen molar-refractivity contribution in [2.24, 2.45) is 0 Å². The monoisotopic (exact) mass is 343 g/mol. The molecule has 0 N–H and O–H groups in total. The summed E-state index contributed by atoms with van der Waals surface area (Å²) in [5.41, 5.74) is 0. The van der Waals surface area contributed by atoms with E-state index in [1.807, 2.05) is 6.92 Å². The average Bonchev–Trinajstić information content (AvgIpc) is 2.80. The predicted molar refractivity (Wildman–Crippen MR) is 87.7 cm³/mol. The largest absolute Gasteiger partial charge is 0.335 e. The van der Waals surface area contributed by atoms with Gasteiger partial charge in [-0.1, -0.05) is 0 Å². The number of nitrogens with zero attached hydrogens (tertiary/aromatic N) is 1. The van der Waals surface area contributed by atoms with Crippen LogP contribution in [0.2, 0.25) is 0 Å². The van der Waals surface area contributed by atoms with Crippen LogP contribution in [0.3, 0.4) is 0 Å². The van der Waals surface area contributed by atoms with Gasteiger partial charge in [0.1, 0.15) is 15.7 Å². The third-order valence-corrected chi connectivity index (χ3v) is 5.56. The summed E-state index contributed by atoms with van der Waals surface area (Å²) < 4.78 is 36.9. The zero-order valence-corrected chi connectivity index (χ0v) is 14.3. The van der Waals surface area contributed by atoms with Crippen molar-refractivity contribution in [3.8, 4) is 0 Å². The number of fused-ring (bicyclic) bond motifs is 1. The number of hydrogen-bond donors (Lipinski definition) is 0. The van der Waals surface area contributed by atoms with Crippen LogP contribution < -0.4 is 0 Å². The Kier molecular flexibility index (Phi) is 4.87. The molecule has 1 aromatic carbocycles. The van der Waals surface area contributed by atoms with Crippen LogP contribution in [0, 0.1) is 5.82 Å². The number of thiophene rings is 1. The van der Waals surface area contributed by atoms with Crippen molar-refractivity contribution in [2.75, 3.05) is 18.6 Å². The number of benzene rings is 1. The Bertz CT molecular complexity index is 798. The molecule has 22 heavy (non-hydrogen) atoms. The third kappa shape index (κ3) is 3.84. The summed E-state index contributed by atoms with van der Waals surface area (Å²) in [4.78, 5) is 14.6. The van der Waals surface area contributed by atoms with Gasteiger partial charge in [-0.3, -0.25) is 4.79 Å². The number of rotatable bonds is 5. The second-order valence-electron chi connectivity index (χ2n) is 5.33. The van der Waals surface area contributed by atoms with E-state index in [9.17, 15) is 17.6 Å². The molecular weight excluding hydrogens is 325 g/mol. The summed E-state index contributed by atoms with van der Waals surface area (Å²) >= 11 is 1.29. The lowest BCUT2D eigenvalue weighted by molar-refractivity contribution is 0.0724. The van der Waals surface area contributed by atoms with Gasteiger partial charge < -0.3 is 4.90 Å². The first-order valence-corrected chi connectivity index (χ1v) is 9.76. The molecule has 120 valence electrons. The van der Waals surface area contributed by atoms with E-state index in [4.69, 9.17) is 0 Å². The zero-order valence-electron chi connectivity index (χ0n) is 12.7. The van der Waals surface area contributed by atoms with Crippen LogP contribution in [0.1, 0.15) is 23.5 Å². The number of halogens is 1. The van der Waals surface area contributed by atoms with Crippen LogP contribution in [-0.4, -0.2) is 43.8 Å². The van der Waals surface area contributed by atoms with Crippen molar-refractivity contribution in [1.82, 2.24) is 4.90 Å². The number of carbonyl (C=O) groups excluding carboxylic acids is 1. The quantitative estimate of drug-likeness (QED) is 0.839. The summed E-state index contributed by atoms with van der Waals surface area (Å²) in [6.45, 7) is 3.94. The highest BCUT2D eigenvalue weighted by Crippen LogP contribution is 2.27. The first-order chi connectivity index (χ1) is 10.2. The molecule has 1 atom stereocenters. The molecule has 0 saturated heterocycles. The van der Waals surface area contributed by atoms with E-state index in [0.29, 0.717) is 16.8 Å². The van der Waals surface area contributed by atoms with Crippen LogP contribution in [-0.2, 0) is 9.84 Å². The Balaban J connectivity index is 2.30. The van der Waals surface area contributed by atoms with Crippen molar-refractivity contribution in [3.05, 3.63) is 35.0 Å². The first-order valence-electron chi connectivity index (χ1n) is 6.89. The molecule has 2 rings (SSSR count). The van der Waals surface area contributed by atoms with E-state index in [-0.39, 0.29) is 17.5 Å². The van der Waals surface area contributed by atoms with Crippen molar-refractivity contribution in [3.63, 3.8) is 0 Å². The Morgan fingerprint density at radius 1 is 1.36 bits per heavy atom. The molecule has 0 radical (unpaired) electrons. The second kappa shape index (κ2) is 6.34. The minimum absolute atomic E-state index is 0.0773. The molecule has 0 aliphatic rings. The molecule has 1 aromatic heterocycles. The van der Waals surface area contributed by atoms with Crippen molar-refractivity contribution in [1.29, 1.82) is 0 Å². The van der Waals surface area contributed by atoms with Gasteiger partial charge in [-0.15, -0.1) is 11.3 Å². The average molecular weight is 343 g/mol. The Labute approximate surface area is 133 Å². The van der Waals surface area contributed by atoms with Gasteiger partial charge in [0.25, 0.3) is 5.91 Å². The highest BCUT2D eigenvalue weighted by molar-refractivity contribution is 7.90. The lowest BCUT2D eigenvalue weighted by atomic mass is 10.2. The topological polar surface area (TPSA) is 54.5 Å². The van der Waals surface area contributed by atoms with Gasteiger partial charge in [0.15, 0.2) is 0 Å². The summed E-state index contributed by atoms with van der Waals surface area (Å²) in [6.07, 6.45) is 1.16. The van der Waals surface area contributed by atoms with E-state index in [0.717, 1.165) is 11.0 Å². The van der Waals surface area contributed by atoms with Crippen molar-refractivity contribution >= 4 is 37.2 Å². The maximum Gasteiger partial charge on any atom is 0.264 e. The zero-order chi connectivity index (χ0) is 16.5. The summed E-state index contributed by atoms with van der Waals surface area (Å²) in [6, 6.07) is 5.63. The summed E-state index contributed by atoms with van der Waals surface area (Å²) in [7, 11) is -3.16. The van der Waals surface area contributed by atoms with Crippen molar-refractivity contribution in [2.45, 2.75) is 19.9 Å². The highest BCUT2D eigenvalue weighted by Gasteiger charge is 2.24. The van der Waals surface area contributed by atoms with Gasteiger partial charge >= 0.3 is 0 Å². The molecule has 1 heterocycles. The van der Waals surface area contributed by atoms with E-state index >= 15 is 0 Å². The standard InChI is InChI=1S/C15H18FNO3S2/c1-4-17(10(2)9-22(3,19)20)15(18)14-8-11-7-12(16)5-6-13(11)21-14/h5-8,10H,4,9H2,1-3H3/t10-/m1/s1. The maximum absolute atomic E-state index is 13.2. The Morgan fingerprint density at radius 3 is 2.64 bits per heavy atom. The van der Waals surface area contributed by atoms with Gasteiger partial charge in [-0.2, -0.15) is 0 Å². The smallest absolute Gasteiger partial charge is 0.264 e. The van der Waals surface area contributed by atoms with Gasteiger partial charge in [0.2, 0.25) is 0 Å². The molecule has 0 aliphatic heterocycles. The fourth-order valence-electron chi connectivity index (χ4n) is 2.44. The van der Waals surface area contributed by atoms with Gasteiger partial charge in [-0.25, -0.2) is 12.8 Å².